The number of pyridine rings is 1. The molecule has 0 aliphatic heterocycles. The lowest BCUT2D eigenvalue weighted by molar-refractivity contribution is 0.447. The Kier molecular flexibility index (Phi) is 3.59. The van der Waals surface area contributed by atoms with E-state index in [9.17, 15) is 15.0 Å². The number of aromatic hydroxyl groups is 2. The first-order chi connectivity index (χ1) is 11.4. The van der Waals surface area contributed by atoms with Gasteiger partial charge >= 0.3 is 0 Å². The van der Waals surface area contributed by atoms with Crippen LogP contribution in [0.3, 0.4) is 0 Å². The maximum atomic E-state index is 12.7. The quantitative estimate of drug-likeness (QED) is 0.448. The largest absolute Gasteiger partial charge is 0.507 e. The van der Waals surface area contributed by atoms with Crippen molar-refractivity contribution < 1.29 is 10.2 Å². The average molecular weight is 469 g/mol. The number of phenols is 2. The molecule has 3 heterocycles. The topological polar surface area (TPSA) is 87.7 Å². The molecule has 0 saturated carbocycles. The molecule has 4 rings (SSSR count). The number of imidazole rings is 1. The van der Waals surface area contributed by atoms with Crippen LogP contribution in [0.2, 0.25) is 0 Å². The Labute approximate surface area is 155 Å². The predicted molar refractivity (Wildman–Crippen MR) is 98.6 cm³/mol. The number of hydrogen-bond donors (Lipinski definition) is 2. The smallest absolute Gasteiger partial charge is 0.276 e. The molecule has 9 heteroatoms. The van der Waals surface area contributed by atoms with E-state index >= 15 is 0 Å². The van der Waals surface area contributed by atoms with Crippen molar-refractivity contribution in [2.24, 2.45) is 0 Å². The first kappa shape index (κ1) is 15.6. The van der Waals surface area contributed by atoms with Crippen molar-refractivity contribution in [3.63, 3.8) is 0 Å². The summed E-state index contributed by atoms with van der Waals surface area (Å²) in [7, 11) is 0. The van der Waals surface area contributed by atoms with E-state index in [-0.39, 0.29) is 17.1 Å². The Hall–Kier alpha value is -1.97. The fourth-order valence-corrected chi connectivity index (χ4v) is 3.98. The van der Waals surface area contributed by atoms with Crippen LogP contribution in [0, 0.1) is 0 Å². The predicted octanol–water partition coefficient (Wildman–Crippen LogP) is 2.79. The molecule has 0 aliphatic carbocycles. The molecule has 0 bridgehead atoms. The van der Waals surface area contributed by atoms with Gasteiger partial charge in [-0.1, -0.05) is 11.3 Å². The first-order valence-corrected chi connectivity index (χ1v) is 9.04. The van der Waals surface area contributed by atoms with Gasteiger partial charge < -0.3 is 10.2 Å². The molecule has 24 heavy (non-hydrogen) atoms. The Balaban J connectivity index is 2.00. The highest BCUT2D eigenvalue weighted by molar-refractivity contribution is 9.10. The van der Waals surface area contributed by atoms with E-state index in [0.29, 0.717) is 30.7 Å². The van der Waals surface area contributed by atoms with Gasteiger partial charge in [-0.3, -0.25) is 4.79 Å². The van der Waals surface area contributed by atoms with Crippen molar-refractivity contribution in [1.82, 2.24) is 14.4 Å². The molecular formula is C15H7Br2N3O3S. The molecule has 0 fully saturated rings. The molecule has 4 aromatic rings. The monoisotopic (exact) mass is 467 g/mol. The van der Waals surface area contributed by atoms with Crippen molar-refractivity contribution in [3.8, 4) is 11.5 Å². The third-order valence-electron chi connectivity index (χ3n) is 3.43. The molecule has 0 amide bonds. The van der Waals surface area contributed by atoms with Crippen LogP contribution in [0.25, 0.3) is 22.2 Å². The van der Waals surface area contributed by atoms with E-state index < -0.39 is 0 Å². The van der Waals surface area contributed by atoms with Gasteiger partial charge in [-0.25, -0.2) is 14.4 Å². The zero-order chi connectivity index (χ0) is 17.0. The summed E-state index contributed by atoms with van der Waals surface area (Å²) in [6.07, 6.45) is 3.17. The van der Waals surface area contributed by atoms with Crippen molar-refractivity contribution in [2.75, 3.05) is 0 Å². The van der Waals surface area contributed by atoms with Crippen LogP contribution in [0.4, 0.5) is 0 Å². The highest BCUT2D eigenvalue weighted by Gasteiger charge is 2.13. The van der Waals surface area contributed by atoms with Crippen molar-refractivity contribution >= 4 is 65.4 Å². The zero-order valence-corrected chi connectivity index (χ0v) is 15.7. The summed E-state index contributed by atoms with van der Waals surface area (Å²) in [5, 5.41) is 19.5. The standard InChI is InChI=1S/C15H7Br2N3O3S/c16-7-3-9-13(18-5-7)20-14(23)12(24-15(20)19-9)2-6-1-8(17)11(22)4-10(6)21/h1-5,21-22H/b12-2-. The Morgan fingerprint density at radius 2 is 1.96 bits per heavy atom. The molecule has 0 spiro atoms. The first-order valence-electron chi connectivity index (χ1n) is 6.64. The van der Waals surface area contributed by atoms with Gasteiger partial charge in [0.25, 0.3) is 5.56 Å². The van der Waals surface area contributed by atoms with E-state index in [2.05, 4.69) is 41.8 Å². The molecule has 1 aromatic carbocycles. The highest BCUT2D eigenvalue weighted by Crippen LogP contribution is 2.31. The van der Waals surface area contributed by atoms with Gasteiger partial charge in [0.15, 0.2) is 10.6 Å². The molecule has 120 valence electrons. The minimum atomic E-state index is -0.254. The van der Waals surface area contributed by atoms with E-state index in [1.54, 1.807) is 24.4 Å². The molecule has 0 atom stereocenters. The zero-order valence-electron chi connectivity index (χ0n) is 11.7. The Morgan fingerprint density at radius 3 is 2.75 bits per heavy atom. The van der Waals surface area contributed by atoms with Crippen LogP contribution in [-0.2, 0) is 0 Å². The number of aromatic nitrogens is 3. The minimum absolute atomic E-state index is 0.0752. The van der Waals surface area contributed by atoms with E-state index in [4.69, 9.17) is 0 Å². The third kappa shape index (κ3) is 2.40. The molecule has 6 nitrogen and oxygen atoms in total. The summed E-state index contributed by atoms with van der Waals surface area (Å²) in [6, 6.07) is 4.56. The van der Waals surface area contributed by atoms with Gasteiger partial charge in [0.2, 0.25) is 0 Å². The van der Waals surface area contributed by atoms with Gasteiger partial charge in [-0.05, 0) is 50.1 Å². The Morgan fingerprint density at radius 1 is 1.17 bits per heavy atom. The van der Waals surface area contributed by atoms with Crippen molar-refractivity contribution in [2.45, 2.75) is 0 Å². The molecular weight excluding hydrogens is 462 g/mol. The van der Waals surface area contributed by atoms with Gasteiger partial charge in [0.05, 0.1) is 9.01 Å². The second-order valence-corrected chi connectivity index (χ2v) is 7.78. The van der Waals surface area contributed by atoms with Gasteiger partial charge in [0.1, 0.15) is 17.0 Å². The van der Waals surface area contributed by atoms with Crippen molar-refractivity contribution in [1.29, 1.82) is 0 Å². The average Bonchev–Trinajstić information content (AvgIpc) is 3.01. The number of rotatable bonds is 1. The lowest BCUT2D eigenvalue weighted by Crippen LogP contribution is -2.22. The van der Waals surface area contributed by atoms with Gasteiger partial charge in [-0.2, -0.15) is 0 Å². The lowest BCUT2D eigenvalue weighted by atomic mass is 10.2. The second kappa shape index (κ2) is 5.54. The minimum Gasteiger partial charge on any atom is -0.507 e. The summed E-state index contributed by atoms with van der Waals surface area (Å²) >= 11 is 7.73. The van der Waals surface area contributed by atoms with Crippen LogP contribution in [0.1, 0.15) is 5.56 Å². The molecule has 0 saturated heterocycles. The van der Waals surface area contributed by atoms with Crippen LogP contribution >= 0.6 is 43.2 Å². The third-order valence-corrected chi connectivity index (χ3v) is 5.47. The molecule has 0 radical (unpaired) electrons. The van der Waals surface area contributed by atoms with E-state index in [0.717, 1.165) is 4.47 Å². The maximum absolute atomic E-state index is 12.7. The fourth-order valence-electron chi connectivity index (χ4n) is 2.34. The number of nitrogens with zero attached hydrogens (tertiary/aromatic N) is 3. The van der Waals surface area contributed by atoms with Crippen LogP contribution < -0.4 is 10.1 Å². The second-order valence-electron chi connectivity index (χ2n) is 5.00. The highest BCUT2D eigenvalue weighted by atomic mass is 79.9. The Bertz CT molecular complexity index is 1230. The lowest BCUT2D eigenvalue weighted by Gasteiger charge is -2.01. The normalized spacial score (nSPS) is 12.5. The molecule has 0 unspecified atom stereocenters. The number of phenolic OH excluding ortho intramolecular Hbond substituents is 2. The van der Waals surface area contributed by atoms with Crippen LogP contribution in [0.5, 0.6) is 11.5 Å². The fraction of sp³-hybridized carbons (Fsp3) is 0. The number of hydrogen-bond acceptors (Lipinski definition) is 6. The van der Waals surface area contributed by atoms with Crippen LogP contribution in [-0.4, -0.2) is 24.6 Å². The maximum Gasteiger partial charge on any atom is 0.276 e. The number of fused-ring (bicyclic) bond motifs is 3. The molecule has 2 N–H and O–H groups in total. The van der Waals surface area contributed by atoms with Gasteiger partial charge in [0, 0.05) is 22.3 Å². The van der Waals surface area contributed by atoms with Crippen LogP contribution in [0.15, 0.2) is 38.1 Å². The summed E-state index contributed by atoms with van der Waals surface area (Å²) < 4.78 is 3.08. The molecule has 0 aliphatic rings. The number of benzene rings is 1. The van der Waals surface area contributed by atoms with Crippen molar-refractivity contribution in [3.05, 3.63) is 53.8 Å². The van der Waals surface area contributed by atoms with E-state index in [1.807, 2.05) is 0 Å². The number of halogens is 2. The summed E-state index contributed by atoms with van der Waals surface area (Å²) in [6.45, 7) is 0. The summed E-state index contributed by atoms with van der Waals surface area (Å²) in [5.41, 5.74) is 1.29. The number of thiazole rings is 1. The summed E-state index contributed by atoms with van der Waals surface area (Å²) in [5.74, 6) is -0.193. The molecule has 3 aromatic heterocycles. The summed E-state index contributed by atoms with van der Waals surface area (Å²) in [4.78, 5) is 21.9. The SMILES string of the molecule is O=c1/c(=C/c2cc(Br)c(O)cc2O)sc2nc3cc(Br)cnc3n12. The van der Waals surface area contributed by atoms with E-state index in [1.165, 1.54) is 21.8 Å². The van der Waals surface area contributed by atoms with Gasteiger partial charge in [-0.15, -0.1) is 0 Å².